The van der Waals surface area contributed by atoms with Crippen molar-refractivity contribution in [1.82, 2.24) is 0 Å². The molecule has 1 aromatic rings. The van der Waals surface area contributed by atoms with Crippen molar-refractivity contribution in [2.24, 2.45) is 0 Å². The maximum atomic E-state index is 5.90. The Morgan fingerprint density at radius 3 is 2.52 bits per heavy atom. The van der Waals surface area contributed by atoms with Crippen LogP contribution in [0.25, 0.3) is 0 Å². The first-order chi connectivity index (χ1) is 11.2. The smallest absolute Gasteiger partial charge is 0.309 e. The molecule has 23 heavy (non-hydrogen) atoms. The minimum atomic E-state index is -1.36. The number of rotatable bonds is 11. The van der Waals surface area contributed by atoms with Gasteiger partial charge in [-0.2, -0.15) is 0 Å². The summed E-state index contributed by atoms with van der Waals surface area (Å²) >= 11 is 0. The van der Waals surface area contributed by atoms with Crippen molar-refractivity contribution in [2.45, 2.75) is 53.2 Å². The molecule has 3 nitrogen and oxygen atoms in total. The van der Waals surface area contributed by atoms with E-state index in [9.17, 15) is 0 Å². The van der Waals surface area contributed by atoms with Crippen LogP contribution in [0.1, 0.15) is 46.1 Å². The van der Waals surface area contributed by atoms with E-state index >= 15 is 0 Å². The van der Waals surface area contributed by atoms with E-state index in [2.05, 4.69) is 26.0 Å². The third-order valence-corrected chi connectivity index (χ3v) is 4.42. The Morgan fingerprint density at radius 2 is 1.91 bits per heavy atom. The standard InChI is InChI=1S/C19H29O3P/c1-5-11-18(12-6-2)15-20-23(22-17(4)7-3)21-16-19-13-9-8-10-14-19/h5,8-14,17H,6-7,15-16H2,1-4H3/b11-5-,18-12+. The molecule has 128 valence electrons. The predicted octanol–water partition coefficient (Wildman–Crippen LogP) is 6.17. The predicted molar refractivity (Wildman–Crippen MR) is 98.1 cm³/mol. The summed E-state index contributed by atoms with van der Waals surface area (Å²) in [5, 5.41) is 0. The van der Waals surface area contributed by atoms with E-state index in [0.717, 1.165) is 24.0 Å². The second kappa shape index (κ2) is 12.4. The zero-order valence-electron chi connectivity index (χ0n) is 14.7. The molecule has 1 rings (SSSR count). The van der Waals surface area contributed by atoms with E-state index in [4.69, 9.17) is 13.6 Å². The Labute approximate surface area is 142 Å². The normalized spacial score (nSPS) is 15.0. The molecule has 0 fully saturated rings. The highest BCUT2D eigenvalue weighted by molar-refractivity contribution is 7.41. The first-order valence-electron chi connectivity index (χ1n) is 8.27. The number of hydrogen-bond acceptors (Lipinski definition) is 3. The second-order valence-corrected chi connectivity index (χ2v) is 6.44. The van der Waals surface area contributed by atoms with Gasteiger partial charge in [0.25, 0.3) is 0 Å². The molecule has 2 unspecified atom stereocenters. The van der Waals surface area contributed by atoms with Crippen LogP contribution in [0, 0.1) is 0 Å². The van der Waals surface area contributed by atoms with E-state index in [1.54, 1.807) is 0 Å². The van der Waals surface area contributed by atoms with Gasteiger partial charge in [-0.15, -0.1) is 0 Å². The minimum Gasteiger partial charge on any atom is -0.309 e. The van der Waals surface area contributed by atoms with Crippen molar-refractivity contribution in [2.75, 3.05) is 6.61 Å². The summed E-state index contributed by atoms with van der Waals surface area (Å²) < 4.78 is 17.7. The van der Waals surface area contributed by atoms with Crippen molar-refractivity contribution >= 4 is 8.60 Å². The van der Waals surface area contributed by atoms with Crippen molar-refractivity contribution in [1.29, 1.82) is 0 Å². The highest BCUT2D eigenvalue weighted by atomic mass is 31.2. The molecule has 0 saturated carbocycles. The molecule has 0 radical (unpaired) electrons. The van der Waals surface area contributed by atoms with Crippen LogP contribution >= 0.6 is 8.60 Å². The van der Waals surface area contributed by atoms with Crippen molar-refractivity contribution < 1.29 is 13.6 Å². The molecule has 0 aliphatic carbocycles. The number of allylic oxidation sites excluding steroid dienone is 2. The molecule has 4 heteroatoms. The van der Waals surface area contributed by atoms with Gasteiger partial charge in [0.15, 0.2) is 0 Å². The molecule has 0 aromatic heterocycles. The van der Waals surface area contributed by atoms with Crippen molar-refractivity contribution in [3.8, 4) is 0 Å². The van der Waals surface area contributed by atoms with E-state index in [1.807, 2.05) is 50.3 Å². The molecule has 0 bridgehead atoms. The molecular weight excluding hydrogens is 307 g/mol. The van der Waals surface area contributed by atoms with Gasteiger partial charge >= 0.3 is 8.60 Å². The Hall–Kier alpha value is -0.990. The summed E-state index contributed by atoms with van der Waals surface area (Å²) in [6.07, 6.45) is 8.29. The van der Waals surface area contributed by atoms with E-state index < -0.39 is 8.60 Å². The van der Waals surface area contributed by atoms with Gasteiger partial charge in [-0.25, -0.2) is 0 Å². The maximum Gasteiger partial charge on any atom is 0.333 e. The molecule has 0 N–H and O–H groups in total. The fourth-order valence-electron chi connectivity index (χ4n) is 1.80. The SMILES string of the molecule is C/C=C\C(=C/CC)COP(OCc1ccccc1)OC(C)CC. The maximum absolute atomic E-state index is 5.90. The van der Waals surface area contributed by atoms with Gasteiger partial charge in [0.2, 0.25) is 0 Å². The van der Waals surface area contributed by atoms with Crippen LogP contribution in [0.2, 0.25) is 0 Å². The van der Waals surface area contributed by atoms with Gasteiger partial charge in [0.1, 0.15) is 0 Å². The topological polar surface area (TPSA) is 27.7 Å². The Balaban J connectivity index is 2.58. The van der Waals surface area contributed by atoms with Crippen LogP contribution in [0.5, 0.6) is 0 Å². The van der Waals surface area contributed by atoms with E-state index in [0.29, 0.717) is 13.2 Å². The Bertz CT molecular complexity index is 471. The van der Waals surface area contributed by atoms with Crippen molar-refractivity contribution in [3.63, 3.8) is 0 Å². The Morgan fingerprint density at radius 1 is 1.17 bits per heavy atom. The van der Waals surface area contributed by atoms with Gasteiger partial charge < -0.3 is 13.6 Å². The number of benzene rings is 1. The Kier molecular flexibility index (Phi) is 10.8. The molecule has 0 heterocycles. The molecule has 0 saturated heterocycles. The lowest BCUT2D eigenvalue weighted by atomic mass is 10.2. The molecule has 0 spiro atoms. The van der Waals surface area contributed by atoms with Gasteiger partial charge in [0, 0.05) is 0 Å². The fourth-order valence-corrected chi connectivity index (χ4v) is 2.95. The van der Waals surface area contributed by atoms with Crippen LogP contribution in [-0.4, -0.2) is 12.7 Å². The lowest BCUT2D eigenvalue weighted by Gasteiger charge is -2.20. The number of hydrogen-bond donors (Lipinski definition) is 0. The summed E-state index contributed by atoms with van der Waals surface area (Å²) in [6.45, 7) is 9.27. The van der Waals surface area contributed by atoms with E-state index in [1.165, 1.54) is 0 Å². The zero-order valence-corrected chi connectivity index (χ0v) is 15.6. The second-order valence-electron chi connectivity index (χ2n) is 5.27. The monoisotopic (exact) mass is 336 g/mol. The molecule has 2 atom stereocenters. The largest absolute Gasteiger partial charge is 0.333 e. The van der Waals surface area contributed by atoms with Crippen molar-refractivity contribution in [3.05, 3.63) is 59.7 Å². The van der Waals surface area contributed by atoms with Crippen LogP contribution in [-0.2, 0) is 20.2 Å². The van der Waals surface area contributed by atoms with Gasteiger partial charge in [-0.3, -0.25) is 0 Å². The summed E-state index contributed by atoms with van der Waals surface area (Å²) in [7, 11) is -1.36. The average Bonchev–Trinajstić information content (AvgIpc) is 2.58. The fraction of sp³-hybridized carbons (Fsp3) is 0.474. The third-order valence-electron chi connectivity index (χ3n) is 3.20. The molecular formula is C19H29O3P. The first kappa shape index (κ1) is 20.1. The van der Waals surface area contributed by atoms with Gasteiger partial charge in [0.05, 0.1) is 19.3 Å². The molecule has 0 aliphatic heterocycles. The zero-order chi connectivity index (χ0) is 16.9. The summed E-state index contributed by atoms with van der Waals surface area (Å²) in [5.74, 6) is 0. The lowest BCUT2D eigenvalue weighted by molar-refractivity contribution is 0.125. The van der Waals surface area contributed by atoms with Crippen LogP contribution in [0.4, 0.5) is 0 Å². The highest BCUT2D eigenvalue weighted by Gasteiger charge is 2.16. The lowest BCUT2D eigenvalue weighted by Crippen LogP contribution is -2.07. The summed E-state index contributed by atoms with van der Waals surface area (Å²) in [4.78, 5) is 0. The first-order valence-corrected chi connectivity index (χ1v) is 9.37. The minimum absolute atomic E-state index is 0.122. The van der Waals surface area contributed by atoms with Gasteiger partial charge in [-0.1, -0.05) is 62.4 Å². The van der Waals surface area contributed by atoms with Crippen LogP contribution in [0.3, 0.4) is 0 Å². The van der Waals surface area contributed by atoms with Crippen LogP contribution < -0.4 is 0 Å². The quantitative estimate of drug-likeness (QED) is 0.357. The van der Waals surface area contributed by atoms with Crippen LogP contribution in [0.15, 0.2) is 54.1 Å². The van der Waals surface area contributed by atoms with Gasteiger partial charge in [-0.05, 0) is 37.8 Å². The highest BCUT2D eigenvalue weighted by Crippen LogP contribution is 2.42. The van der Waals surface area contributed by atoms with E-state index in [-0.39, 0.29) is 6.10 Å². The average molecular weight is 336 g/mol. The molecule has 1 aromatic carbocycles. The third kappa shape index (κ3) is 9.02. The molecule has 0 aliphatic rings. The molecule has 0 amide bonds. The summed E-state index contributed by atoms with van der Waals surface area (Å²) in [6, 6.07) is 10.1. The summed E-state index contributed by atoms with van der Waals surface area (Å²) in [5.41, 5.74) is 2.27.